The number of carbonyl (C=O) groups is 2. The van der Waals surface area contributed by atoms with Crippen LogP contribution in [0.5, 0.6) is 0 Å². The van der Waals surface area contributed by atoms with Gasteiger partial charge in [0.25, 0.3) is 0 Å². The lowest BCUT2D eigenvalue weighted by atomic mass is 10.2. The maximum atomic E-state index is 12.6. The molecule has 2 aliphatic rings. The van der Waals surface area contributed by atoms with Crippen LogP contribution in [0.25, 0.3) is 0 Å². The number of carboxylic acid groups (broad SMARTS) is 1. The second-order valence-corrected chi connectivity index (χ2v) is 5.79. The van der Waals surface area contributed by atoms with Gasteiger partial charge in [-0.2, -0.15) is 0 Å². The van der Waals surface area contributed by atoms with E-state index in [4.69, 9.17) is 10.2 Å². The van der Waals surface area contributed by atoms with Crippen LogP contribution < -0.4 is 0 Å². The molecule has 1 saturated heterocycles. The van der Waals surface area contributed by atoms with Gasteiger partial charge >= 0.3 is 12.0 Å². The number of β-amino-alcohol motifs (C(OH)–C–C–N with tert-alkyl or cyclic N) is 1. The SMILES string of the molecule is O=C(O)CN(C(=O)N1CCN(CCO)CC1)C1CCCC1. The molecule has 1 aliphatic heterocycles. The number of piperazine rings is 1. The minimum atomic E-state index is -0.950. The van der Waals surface area contributed by atoms with E-state index in [2.05, 4.69) is 4.90 Å². The van der Waals surface area contributed by atoms with Crippen molar-refractivity contribution in [2.75, 3.05) is 45.9 Å². The lowest BCUT2D eigenvalue weighted by Gasteiger charge is -2.38. The highest BCUT2D eigenvalue weighted by atomic mass is 16.4. The van der Waals surface area contributed by atoms with E-state index in [1.165, 1.54) is 4.90 Å². The summed E-state index contributed by atoms with van der Waals surface area (Å²) in [6.45, 7) is 3.21. The number of aliphatic hydroxyl groups excluding tert-OH is 1. The second-order valence-electron chi connectivity index (χ2n) is 5.79. The molecule has 7 heteroatoms. The molecular weight excluding hydrogens is 274 g/mol. The van der Waals surface area contributed by atoms with Gasteiger partial charge in [0.05, 0.1) is 6.61 Å². The van der Waals surface area contributed by atoms with E-state index in [-0.39, 0.29) is 25.2 Å². The summed E-state index contributed by atoms with van der Waals surface area (Å²) in [4.78, 5) is 29.0. The van der Waals surface area contributed by atoms with E-state index in [1.807, 2.05) is 0 Å². The summed E-state index contributed by atoms with van der Waals surface area (Å²) in [5.74, 6) is -0.950. The Morgan fingerprint density at radius 3 is 2.24 bits per heavy atom. The molecule has 1 heterocycles. The van der Waals surface area contributed by atoms with Gasteiger partial charge in [-0.25, -0.2) is 4.79 Å². The summed E-state index contributed by atoms with van der Waals surface area (Å²) < 4.78 is 0. The number of carbonyl (C=O) groups excluding carboxylic acids is 1. The fraction of sp³-hybridized carbons (Fsp3) is 0.857. The average molecular weight is 299 g/mol. The molecule has 0 radical (unpaired) electrons. The zero-order valence-corrected chi connectivity index (χ0v) is 12.4. The summed E-state index contributed by atoms with van der Waals surface area (Å²) in [7, 11) is 0. The van der Waals surface area contributed by atoms with Crippen molar-refractivity contribution in [1.29, 1.82) is 0 Å². The van der Waals surface area contributed by atoms with Crippen molar-refractivity contribution in [2.45, 2.75) is 31.7 Å². The lowest BCUT2D eigenvalue weighted by molar-refractivity contribution is -0.138. The molecule has 2 fully saturated rings. The molecule has 0 aromatic rings. The minimum Gasteiger partial charge on any atom is -0.480 e. The number of amides is 2. The Morgan fingerprint density at radius 2 is 1.71 bits per heavy atom. The molecule has 0 aromatic heterocycles. The number of hydrogen-bond donors (Lipinski definition) is 2. The fourth-order valence-corrected chi connectivity index (χ4v) is 3.20. The molecule has 0 aromatic carbocycles. The number of aliphatic carboxylic acids is 1. The average Bonchev–Trinajstić information content (AvgIpc) is 2.99. The van der Waals surface area contributed by atoms with Crippen LogP contribution in [0.2, 0.25) is 0 Å². The lowest BCUT2D eigenvalue weighted by Crippen LogP contribution is -2.55. The van der Waals surface area contributed by atoms with Gasteiger partial charge in [-0.3, -0.25) is 9.69 Å². The van der Waals surface area contributed by atoms with Crippen LogP contribution in [-0.4, -0.2) is 88.8 Å². The van der Waals surface area contributed by atoms with Crippen LogP contribution in [0, 0.1) is 0 Å². The summed E-state index contributed by atoms with van der Waals surface area (Å²) in [6.07, 6.45) is 3.95. The van der Waals surface area contributed by atoms with Crippen molar-refractivity contribution in [1.82, 2.24) is 14.7 Å². The number of urea groups is 1. The van der Waals surface area contributed by atoms with Gasteiger partial charge in [-0.1, -0.05) is 12.8 Å². The van der Waals surface area contributed by atoms with E-state index in [0.717, 1.165) is 38.8 Å². The summed E-state index contributed by atoms with van der Waals surface area (Å²) in [6, 6.07) is -0.0722. The zero-order valence-electron chi connectivity index (χ0n) is 12.4. The highest BCUT2D eigenvalue weighted by Crippen LogP contribution is 2.24. The molecule has 1 aliphatic carbocycles. The first-order chi connectivity index (χ1) is 10.1. The molecule has 21 heavy (non-hydrogen) atoms. The first kappa shape index (κ1) is 16.0. The van der Waals surface area contributed by atoms with Crippen LogP contribution >= 0.6 is 0 Å². The third-order valence-corrected chi connectivity index (χ3v) is 4.38. The van der Waals surface area contributed by atoms with Crippen LogP contribution in [0.4, 0.5) is 4.79 Å². The quantitative estimate of drug-likeness (QED) is 0.749. The molecule has 2 N–H and O–H groups in total. The van der Waals surface area contributed by atoms with Gasteiger partial charge in [-0.15, -0.1) is 0 Å². The predicted octanol–water partition coefficient (Wildman–Crippen LogP) is 0.0455. The molecule has 120 valence electrons. The summed E-state index contributed by atoms with van der Waals surface area (Å²) in [5, 5.41) is 18.0. The van der Waals surface area contributed by atoms with Gasteiger partial charge < -0.3 is 20.0 Å². The third kappa shape index (κ3) is 4.31. The standard InChI is InChI=1S/C14H25N3O4/c18-10-9-15-5-7-16(8-6-15)14(21)17(11-13(19)20)12-3-1-2-4-12/h12,18H,1-11H2,(H,19,20). The van der Waals surface area contributed by atoms with Gasteiger partial charge in [-0.05, 0) is 12.8 Å². The van der Waals surface area contributed by atoms with E-state index >= 15 is 0 Å². The highest BCUT2D eigenvalue weighted by Gasteiger charge is 2.32. The van der Waals surface area contributed by atoms with E-state index < -0.39 is 5.97 Å². The van der Waals surface area contributed by atoms with E-state index in [9.17, 15) is 9.59 Å². The van der Waals surface area contributed by atoms with Gasteiger partial charge in [0.1, 0.15) is 6.54 Å². The van der Waals surface area contributed by atoms with Crippen molar-refractivity contribution in [3.05, 3.63) is 0 Å². The third-order valence-electron chi connectivity index (χ3n) is 4.38. The molecular formula is C14H25N3O4. The summed E-state index contributed by atoms with van der Waals surface area (Å²) in [5.41, 5.74) is 0. The molecule has 0 atom stereocenters. The number of hydrogen-bond acceptors (Lipinski definition) is 4. The largest absolute Gasteiger partial charge is 0.480 e. The molecule has 2 rings (SSSR count). The molecule has 7 nitrogen and oxygen atoms in total. The van der Waals surface area contributed by atoms with E-state index in [0.29, 0.717) is 19.6 Å². The van der Waals surface area contributed by atoms with Crippen molar-refractivity contribution in [3.8, 4) is 0 Å². The van der Waals surface area contributed by atoms with Crippen molar-refractivity contribution < 1.29 is 19.8 Å². The maximum Gasteiger partial charge on any atom is 0.323 e. The van der Waals surface area contributed by atoms with Crippen LogP contribution in [0.3, 0.4) is 0 Å². The van der Waals surface area contributed by atoms with Gasteiger partial charge in [0.2, 0.25) is 0 Å². The molecule has 0 spiro atoms. The first-order valence-corrected chi connectivity index (χ1v) is 7.72. The molecule has 2 amide bonds. The number of carboxylic acids is 1. The number of rotatable bonds is 5. The van der Waals surface area contributed by atoms with Crippen LogP contribution in [-0.2, 0) is 4.79 Å². The normalized spacial score (nSPS) is 20.7. The van der Waals surface area contributed by atoms with Gasteiger partial charge in [0.15, 0.2) is 0 Å². The molecule has 0 unspecified atom stereocenters. The monoisotopic (exact) mass is 299 g/mol. The predicted molar refractivity (Wildman–Crippen MR) is 77.1 cm³/mol. The molecule has 0 bridgehead atoms. The maximum absolute atomic E-state index is 12.6. The number of aliphatic hydroxyl groups is 1. The van der Waals surface area contributed by atoms with Crippen LogP contribution in [0.15, 0.2) is 0 Å². The Labute approximate surface area is 125 Å². The Bertz CT molecular complexity index is 363. The van der Waals surface area contributed by atoms with Crippen molar-refractivity contribution >= 4 is 12.0 Å². The fourth-order valence-electron chi connectivity index (χ4n) is 3.20. The topological polar surface area (TPSA) is 84.3 Å². The zero-order chi connectivity index (χ0) is 15.2. The van der Waals surface area contributed by atoms with Crippen LogP contribution in [0.1, 0.15) is 25.7 Å². The van der Waals surface area contributed by atoms with Gasteiger partial charge in [0, 0.05) is 38.8 Å². The van der Waals surface area contributed by atoms with Crippen molar-refractivity contribution in [3.63, 3.8) is 0 Å². The summed E-state index contributed by atoms with van der Waals surface area (Å²) >= 11 is 0. The minimum absolute atomic E-state index is 0.0732. The number of nitrogens with zero attached hydrogens (tertiary/aromatic N) is 3. The Hall–Kier alpha value is -1.34. The van der Waals surface area contributed by atoms with E-state index in [1.54, 1.807) is 4.90 Å². The Morgan fingerprint density at radius 1 is 1.10 bits per heavy atom. The Kier molecular flexibility index (Phi) is 5.81. The smallest absolute Gasteiger partial charge is 0.323 e. The highest BCUT2D eigenvalue weighted by molar-refractivity contribution is 5.80. The first-order valence-electron chi connectivity index (χ1n) is 7.72. The Balaban J connectivity index is 1.93. The molecule has 1 saturated carbocycles. The van der Waals surface area contributed by atoms with Crippen molar-refractivity contribution in [2.24, 2.45) is 0 Å². The second kappa shape index (κ2) is 7.61.